The number of sulfonamides is 1. The van der Waals surface area contributed by atoms with Crippen LogP contribution in [0.25, 0.3) is 0 Å². The summed E-state index contributed by atoms with van der Waals surface area (Å²) in [4.78, 5) is 13.5. The van der Waals surface area contributed by atoms with Gasteiger partial charge in [0.25, 0.3) is 0 Å². The van der Waals surface area contributed by atoms with Crippen LogP contribution in [0.3, 0.4) is 0 Å². The molecular weight excluding hydrogens is 316 g/mol. The highest BCUT2D eigenvalue weighted by molar-refractivity contribution is 7.89. The number of aryl methyl sites for hydroxylation is 2. The molecule has 1 unspecified atom stereocenters. The van der Waals surface area contributed by atoms with Crippen molar-refractivity contribution in [1.29, 1.82) is 0 Å². The second-order valence-corrected chi connectivity index (χ2v) is 7.42. The van der Waals surface area contributed by atoms with Gasteiger partial charge in [0.1, 0.15) is 0 Å². The van der Waals surface area contributed by atoms with E-state index in [2.05, 4.69) is 11.3 Å². The minimum atomic E-state index is -3.60. The van der Waals surface area contributed by atoms with Gasteiger partial charge in [0.2, 0.25) is 15.9 Å². The lowest BCUT2D eigenvalue weighted by molar-refractivity contribution is -0.133. The normalized spacial score (nSPS) is 18.7. The summed E-state index contributed by atoms with van der Waals surface area (Å²) in [7, 11) is -3.60. The van der Waals surface area contributed by atoms with Crippen molar-refractivity contribution in [2.45, 2.75) is 24.8 Å². The molecule has 1 amide bonds. The number of nitrogens with zero attached hydrogens (tertiary/aromatic N) is 1. The molecule has 1 aromatic rings. The highest BCUT2D eigenvalue weighted by Crippen LogP contribution is 2.14. The lowest BCUT2D eigenvalue weighted by atomic mass is 10.2. The van der Waals surface area contributed by atoms with E-state index in [4.69, 9.17) is 4.74 Å². The smallest absolute Gasteiger partial charge is 0.246 e. The van der Waals surface area contributed by atoms with E-state index in [9.17, 15) is 13.2 Å². The Kier molecular flexibility index (Phi) is 5.56. The monoisotopic (exact) mass is 338 g/mol. The summed E-state index contributed by atoms with van der Waals surface area (Å²) in [5, 5.41) is 0. The Morgan fingerprint density at radius 3 is 2.65 bits per heavy atom. The molecule has 1 saturated heterocycles. The summed E-state index contributed by atoms with van der Waals surface area (Å²) in [5.74, 6) is -0.171. The first-order valence-electron chi connectivity index (χ1n) is 7.43. The number of hydrogen-bond donors (Lipinski definition) is 1. The van der Waals surface area contributed by atoms with Gasteiger partial charge < -0.3 is 9.64 Å². The van der Waals surface area contributed by atoms with Gasteiger partial charge in [-0.15, -0.1) is 0 Å². The summed E-state index contributed by atoms with van der Waals surface area (Å²) in [6, 6.07) is 5.18. The number of rotatable bonds is 5. The number of hydrogen-bond acceptors (Lipinski definition) is 4. The van der Waals surface area contributed by atoms with E-state index in [0.717, 1.165) is 11.1 Å². The van der Waals surface area contributed by atoms with Gasteiger partial charge in [0.15, 0.2) is 0 Å². The average Bonchev–Trinajstić information content (AvgIpc) is 2.51. The molecule has 0 aromatic heterocycles. The fourth-order valence-corrected chi connectivity index (χ4v) is 3.80. The zero-order valence-corrected chi connectivity index (χ0v) is 14.2. The quantitative estimate of drug-likeness (QED) is 0.813. The molecule has 0 radical (unpaired) electrons. The van der Waals surface area contributed by atoms with Crippen LogP contribution in [0.1, 0.15) is 11.1 Å². The molecule has 126 valence electrons. The molecule has 1 aromatic carbocycles. The van der Waals surface area contributed by atoms with Crippen molar-refractivity contribution in [2.75, 3.05) is 26.2 Å². The largest absolute Gasteiger partial charge is 0.373 e. The maximum atomic E-state index is 12.4. The molecule has 2 rings (SSSR count). The Labute approximate surface area is 137 Å². The van der Waals surface area contributed by atoms with Crippen LogP contribution < -0.4 is 4.72 Å². The molecule has 1 atom stereocenters. The predicted octanol–water partition coefficient (Wildman–Crippen LogP) is 0.995. The fraction of sp³-hybridized carbons (Fsp3) is 0.438. The van der Waals surface area contributed by atoms with Crippen molar-refractivity contribution >= 4 is 15.9 Å². The minimum absolute atomic E-state index is 0.121. The molecule has 1 aliphatic rings. The van der Waals surface area contributed by atoms with Crippen LogP contribution in [0, 0.1) is 13.8 Å². The third kappa shape index (κ3) is 4.63. The highest BCUT2D eigenvalue weighted by Gasteiger charge is 2.25. The maximum absolute atomic E-state index is 12.4. The van der Waals surface area contributed by atoms with Crippen LogP contribution in [0.15, 0.2) is 35.7 Å². The maximum Gasteiger partial charge on any atom is 0.246 e. The number of morpholine rings is 1. The molecule has 1 fully saturated rings. The molecule has 0 aliphatic carbocycles. The Morgan fingerprint density at radius 1 is 1.39 bits per heavy atom. The number of carbonyl (C=O) groups excluding carboxylic acids is 1. The number of carbonyl (C=O) groups is 1. The van der Waals surface area contributed by atoms with E-state index in [-0.39, 0.29) is 23.5 Å². The van der Waals surface area contributed by atoms with Gasteiger partial charge in [-0.2, -0.15) is 0 Å². The van der Waals surface area contributed by atoms with Gasteiger partial charge in [-0.1, -0.05) is 12.6 Å². The zero-order valence-electron chi connectivity index (χ0n) is 13.4. The van der Waals surface area contributed by atoms with Crippen LogP contribution in [-0.4, -0.2) is 51.6 Å². The lowest BCUT2D eigenvalue weighted by Gasteiger charge is -2.32. The molecule has 1 heterocycles. The SMILES string of the molecule is C=CC(=O)N1CCOC(CNS(=O)(=O)c2cc(C)cc(C)c2)C1. The van der Waals surface area contributed by atoms with E-state index in [1.54, 1.807) is 17.0 Å². The molecule has 0 saturated carbocycles. The molecule has 0 spiro atoms. The van der Waals surface area contributed by atoms with E-state index in [1.807, 2.05) is 19.9 Å². The summed E-state index contributed by atoms with van der Waals surface area (Å²) < 4.78 is 32.9. The predicted molar refractivity (Wildman–Crippen MR) is 87.6 cm³/mol. The molecule has 23 heavy (non-hydrogen) atoms. The second-order valence-electron chi connectivity index (χ2n) is 5.66. The minimum Gasteiger partial charge on any atom is -0.373 e. The van der Waals surface area contributed by atoms with Crippen LogP contribution in [0.4, 0.5) is 0 Å². The van der Waals surface area contributed by atoms with Crippen molar-refractivity contribution in [2.24, 2.45) is 0 Å². The molecule has 1 aliphatic heterocycles. The van der Waals surface area contributed by atoms with Crippen LogP contribution in [0.5, 0.6) is 0 Å². The third-order valence-electron chi connectivity index (χ3n) is 3.63. The molecule has 6 nitrogen and oxygen atoms in total. The summed E-state index contributed by atoms with van der Waals surface area (Å²) >= 11 is 0. The first-order valence-corrected chi connectivity index (χ1v) is 8.91. The first-order chi connectivity index (χ1) is 10.8. The topological polar surface area (TPSA) is 75.7 Å². The molecule has 1 N–H and O–H groups in total. The van der Waals surface area contributed by atoms with Gasteiger partial charge in [0.05, 0.1) is 17.6 Å². The van der Waals surface area contributed by atoms with Gasteiger partial charge in [-0.3, -0.25) is 4.79 Å². The highest BCUT2D eigenvalue weighted by atomic mass is 32.2. The Balaban J connectivity index is 2.01. The fourth-order valence-electron chi connectivity index (χ4n) is 2.55. The summed E-state index contributed by atoms with van der Waals surface area (Å²) in [6.45, 7) is 8.52. The Bertz CT molecular complexity index is 680. The molecular formula is C16H22N2O4S. The van der Waals surface area contributed by atoms with E-state index >= 15 is 0 Å². The van der Waals surface area contributed by atoms with Gasteiger partial charge >= 0.3 is 0 Å². The lowest BCUT2D eigenvalue weighted by Crippen LogP contribution is -2.49. The molecule has 7 heteroatoms. The van der Waals surface area contributed by atoms with Crippen molar-refractivity contribution in [1.82, 2.24) is 9.62 Å². The van der Waals surface area contributed by atoms with Crippen molar-refractivity contribution < 1.29 is 17.9 Å². The van der Waals surface area contributed by atoms with Gasteiger partial charge in [-0.25, -0.2) is 13.1 Å². The van der Waals surface area contributed by atoms with Crippen molar-refractivity contribution in [3.63, 3.8) is 0 Å². The number of nitrogens with one attached hydrogen (secondary N) is 1. The number of amides is 1. The Morgan fingerprint density at radius 2 is 2.04 bits per heavy atom. The molecule has 0 bridgehead atoms. The standard InChI is InChI=1S/C16H22N2O4S/c1-4-16(19)18-5-6-22-14(11-18)10-17-23(20,21)15-8-12(2)7-13(3)9-15/h4,7-9,14,17H,1,5-6,10-11H2,2-3H3. The average molecular weight is 338 g/mol. The number of ether oxygens (including phenoxy) is 1. The van der Waals surface area contributed by atoms with Gasteiger partial charge in [0, 0.05) is 19.6 Å². The van der Waals surface area contributed by atoms with E-state index in [0.29, 0.717) is 19.7 Å². The number of benzene rings is 1. The van der Waals surface area contributed by atoms with Crippen molar-refractivity contribution in [3.8, 4) is 0 Å². The van der Waals surface area contributed by atoms with Crippen LogP contribution >= 0.6 is 0 Å². The van der Waals surface area contributed by atoms with Gasteiger partial charge in [-0.05, 0) is 43.2 Å². The van der Waals surface area contributed by atoms with Crippen molar-refractivity contribution in [3.05, 3.63) is 42.0 Å². The van der Waals surface area contributed by atoms with E-state index in [1.165, 1.54) is 6.08 Å². The summed E-state index contributed by atoms with van der Waals surface area (Å²) in [5.41, 5.74) is 1.78. The van der Waals surface area contributed by atoms with Crippen LogP contribution in [0.2, 0.25) is 0 Å². The third-order valence-corrected chi connectivity index (χ3v) is 5.03. The zero-order chi connectivity index (χ0) is 17.0. The summed E-state index contributed by atoms with van der Waals surface area (Å²) in [6.07, 6.45) is 0.885. The Hall–Kier alpha value is -1.70. The van der Waals surface area contributed by atoms with Crippen LogP contribution in [-0.2, 0) is 19.6 Å². The van der Waals surface area contributed by atoms with E-state index < -0.39 is 10.0 Å². The second kappa shape index (κ2) is 7.25. The first kappa shape index (κ1) is 17.7.